The van der Waals surface area contributed by atoms with Crippen molar-refractivity contribution in [3.8, 4) is 0 Å². The van der Waals surface area contributed by atoms with E-state index in [-0.39, 0.29) is 18.1 Å². The average Bonchev–Trinajstić information content (AvgIpc) is 2.98. The van der Waals surface area contributed by atoms with E-state index in [4.69, 9.17) is 4.52 Å². The molecule has 2 aromatic rings. The van der Waals surface area contributed by atoms with Gasteiger partial charge < -0.3 is 14.9 Å². The number of rotatable bonds is 3. The fourth-order valence-electron chi connectivity index (χ4n) is 2.27. The Labute approximate surface area is 113 Å². The summed E-state index contributed by atoms with van der Waals surface area (Å²) in [6.45, 7) is 1.02. The van der Waals surface area contributed by atoms with Crippen LogP contribution in [0.25, 0.3) is 0 Å². The Bertz CT molecular complexity index is 604. The van der Waals surface area contributed by atoms with Crippen molar-refractivity contribution in [2.75, 3.05) is 13.1 Å². The minimum Gasteiger partial charge on any atom is -0.379 e. The van der Waals surface area contributed by atoms with E-state index in [2.05, 4.69) is 15.5 Å². The fraction of sp³-hybridized carbons (Fsp3) is 0.385. The monoisotopic (exact) mass is 281 g/mol. The van der Waals surface area contributed by atoms with Gasteiger partial charge in [-0.05, 0) is 30.7 Å². The topological polar surface area (TPSA) is 71.2 Å². The molecule has 1 aromatic heterocycles. The number of hydrogen-bond acceptors (Lipinski definition) is 5. The summed E-state index contributed by atoms with van der Waals surface area (Å²) in [4.78, 5) is 4.11. The van der Waals surface area contributed by atoms with E-state index in [0.717, 1.165) is 6.07 Å². The van der Waals surface area contributed by atoms with Gasteiger partial charge in [0.15, 0.2) is 11.4 Å². The molecule has 1 aliphatic heterocycles. The van der Waals surface area contributed by atoms with Crippen LogP contribution in [0.2, 0.25) is 0 Å². The first-order valence-electron chi connectivity index (χ1n) is 6.26. The molecule has 1 aliphatic rings. The molecule has 0 aliphatic carbocycles. The van der Waals surface area contributed by atoms with Crippen LogP contribution in [0.5, 0.6) is 0 Å². The standard InChI is InChI=1S/C13H13F2N3O2/c14-9-3-8(4-10(15)6-9)5-11-17-12(20-18-11)13(19)1-2-16-7-13/h3-4,6,16,19H,1-2,5,7H2. The first kappa shape index (κ1) is 13.1. The molecule has 1 fully saturated rings. The Morgan fingerprint density at radius 1 is 1.30 bits per heavy atom. The van der Waals surface area contributed by atoms with E-state index in [0.29, 0.717) is 25.1 Å². The highest BCUT2D eigenvalue weighted by molar-refractivity contribution is 5.21. The molecule has 0 saturated carbocycles. The third-order valence-electron chi connectivity index (χ3n) is 3.28. The summed E-state index contributed by atoms with van der Waals surface area (Å²) in [6, 6.07) is 3.23. The van der Waals surface area contributed by atoms with Crippen molar-refractivity contribution >= 4 is 0 Å². The second kappa shape index (κ2) is 4.92. The second-order valence-corrected chi connectivity index (χ2v) is 4.93. The highest BCUT2D eigenvalue weighted by Crippen LogP contribution is 2.26. The molecule has 1 saturated heterocycles. The predicted molar refractivity (Wildman–Crippen MR) is 64.8 cm³/mol. The SMILES string of the molecule is OC1(c2nc(Cc3cc(F)cc(F)c3)no2)CCNC1. The lowest BCUT2D eigenvalue weighted by Gasteiger charge is -2.14. The summed E-state index contributed by atoms with van der Waals surface area (Å²) in [5.41, 5.74) is -0.746. The Morgan fingerprint density at radius 3 is 2.70 bits per heavy atom. The van der Waals surface area contributed by atoms with Crippen molar-refractivity contribution in [3.63, 3.8) is 0 Å². The third-order valence-corrected chi connectivity index (χ3v) is 3.28. The zero-order valence-electron chi connectivity index (χ0n) is 10.6. The lowest BCUT2D eigenvalue weighted by molar-refractivity contribution is 0.0243. The largest absolute Gasteiger partial charge is 0.379 e. The number of benzene rings is 1. The summed E-state index contributed by atoms with van der Waals surface area (Å²) >= 11 is 0. The smallest absolute Gasteiger partial charge is 0.259 e. The average molecular weight is 281 g/mol. The van der Waals surface area contributed by atoms with Crippen LogP contribution in [-0.4, -0.2) is 28.3 Å². The van der Waals surface area contributed by atoms with Crippen molar-refractivity contribution in [1.29, 1.82) is 0 Å². The molecule has 1 aromatic carbocycles. The molecule has 1 unspecified atom stereocenters. The molecule has 1 atom stereocenters. The molecular formula is C13H13F2N3O2. The minimum absolute atomic E-state index is 0.134. The highest BCUT2D eigenvalue weighted by Gasteiger charge is 2.38. The number of aromatic nitrogens is 2. The molecule has 7 heteroatoms. The number of β-amino-alcohol motifs (C(OH)–C–C–N with tert-alkyl or cyclic N) is 1. The highest BCUT2D eigenvalue weighted by atomic mass is 19.1. The van der Waals surface area contributed by atoms with Crippen LogP contribution in [0.4, 0.5) is 8.78 Å². The Hall–Kier alpha value is -1.86. The van der Waals surface area contributed by atoms with Crippen molar-refractivity contribution in [1.82, 2.24) is 15.5 Å². The van der Waals surface area contributed by atoms with E-state index in [9.17, 15) is 13.9 Å². The van der Waals surface area contributed by atoms with E-state index >= 15 is 0 Å². The van der Waals surface area contributed by atoms with E-state index < -0.39 is 17.2 Å². The summed E-state index contributed by atoms with van der Waals surface area (Å²) in [6.07, 6.45) is 0.630. The third kappa shape index (κ3) is 2.54. The summed E-state index contributed by atoms with van der Waals surface area (Å²) < 4.78 is 31.2. The number of nitrogens with zero attached hydrogens (tertiary/aromatic N) is 2. The van der Waals surface area contributed by atoms with Gasteiger partial charge in [0.05, 0.1) is 0 Å². The van der Waals surface area contributed by atoms with Crippen LogP contribution in [0.1, 0.15) is 23.7 Å². The maximum Gasteiger partial charge on any atom is 0.259 e. The zero-order chi connectivity index (χ0) is 14.2. The van der Waals surface area contributed by atoms with Gasteiger partial charge in [0.1, 0.15) is 11.6 Å². The molecule has 0 spiro atoms. The predicted octanol–water partition coefficient (Wildman–Crippen LogP) is 1.12. The number of halogens is 2. The van der Waals surface area contributed by atoms with E-state index in [1.807, 2.05) is 0 Å². The van der Waals surface area contributed by atoms with Gasteiger partial charge >= 0.3 is 0 Å². The van der Waals surface area contributed by atoms with Crippen molar-refractivity contribution < 1.29 is 18.4 Å². The van der Waals surface area contributed by atoms with Crippen molar-refractivity contribution in [3.05, 3.63) is 47.1 Å². The van der Waals surface area contributed by atoms with Gasteiger partial charge in [-0.3, -0.25) is 0 Å². The van der Waals surface area contributed by atoms with E-state index in [1.54, 1.807) is 0 Å². The molecule has 0 bridgehead atoms. The van der Waals surface area contributed by atoms with Crippen LogP contribution in [0.3, 0.4) is 0 Å². The van der Waals surface area contributed by atoms with Crippen LogP contribution >= 0.6 is 0 Å². The van der Waals surface area contributed by atoms with Gasteiger partial charge in [-0.15, -0.1) is 0 Å². The first-order chi connectivity index (χ1) is 9.55. The molecule has 106 valence electrons. The Morgan fingerprint density at radius 2 is 2.05 bits per heavy atom. The minimum atomic E-state index is -1.15. The second-order valence-electron chi connectivity index (χ2n) is 4.93. The molecule has 0 radical (unpaired) electrons. The number of aliphatic hydroxyl groups is 1. The molecule has 3 rings (SSSR count). The van der Waals surface area contributed by atoms with Gasteiger partial charge in [0.25, 0.3) is 5.89 Å². The quantitative estimate of drug-likeness (QED) is 0.882. The van der Waals surface area contributed by atoms with Gasteiger partial charge in [-0.25, -0.2) is 8.78 Å². The Balaban J connectivity index is 1.80. The van der Waals surface area contributed by atoms with Gasteiger partial charge in [0, 0.05) is 19.0 Å². The van der Waals surface area contributed by atoms with Crippen molar-refractivity contribution in [2.24, 2.45) is 0 Å². The van der Waals surface area contributed by atoms with E-state index in [1.165, 1.54) is 12.1 Å². The molecule has 2 heterocycles. The maximum atomic E-state index is 13.1. The summed E-state index contributed by atoms with van der Waals surface area (Å²) in [5.74, 6) is -0.885. The van der Waals surface area contributed by atoms with Crippen LogP contribution in [-0.2, 0) is 12.0 Å². The normalized spacial score (nSPS) is 22.4. The molecule has 20 heavy (non-hydrogen) atoms. The molecule has 2 N–H and O–H groups in total. The lowest BCUT2D eigenvalue weighted by Crippen LogP contribution is -2.28. The first-order valence-corrected chi connectivity index (χ1v) is 6.26. The van der Waals surface area contributed by atoms with Gasteiger partial charge in [-0.1, -0.05) is 5.16 Å². The Kier molecular flexibility index (Phi) is 3.23. The zero-order valence-corrected chi connectivity index (χ0v) is 10.6. The lowest BCUT2D eigenvalue weighted by atomic mass is 10.0. The van der Waals surface area contributed by atoms with Crippen LogP contribution in [0.15, 0.2) is 22.7 Å². The van der Waals surface area contributed by atoms with Crippen LogP contribution in [0, 0.1) is 11.6 Å². The maximum absolute atomic E-state index is 13.1. The van der Waals surface area contributed by atoms with Gasteiger partial charge in [0.2, 0.25) is 0 Å². The van der Waals surface area contributed by atoms with Crippen LogP contribution < -0.4 is 5.32 Å². The molecular weight excluding hydrogens is 268 g/mol. The fourth-order valence-corrected chi connectivity index (χ4v) is 2.27. The van der Waals surface area contributed by atoms with Crippen molar-refractivity contribution in [2.45, 2.75) is 18.4 Å². The number of hydrogen-bond donors (Lipinski definition) is 2. The molecule has 0 amide bonds. The summed E-state index contributed by atoms with van der Waals surface area (Å²) in [7, 11) is 0. The molecule has 5 nitrogen and oxygen atoms in total. The van der Waals surface area contributed by atoms with Gasteiger partial charge in [-0.2, -0.15) is 4.98 Å². The number of nitrogens with one attached hydrogen (secondary N) is 1. The summed E-state index contributed by atoms with van der Waals surface area (Å²) in [5, 5.41) is 17.0.